The maximum absolute atomic E-state index is 5.71. The first-order valence-corrected chi connectivity index (χ1v) is 7.82. The summed E-state index contributed by atoms with van der Waals surface area (Å²) in [6.07, 6.45) is 3.69. The van der Waals surface area contributed by atoms with Crippen molar-refractivity contribution in [2.45, 2.75) is 32.2 Å². The summed E-state index contributed by atoms with van der Waals surface area (Å²) < 4.78 is 21.3. The molecule has 0 aliphatic carbocycles. The molecule has 5 heteroatoms. The highest BCUT2D eigenvalue weighted by atomic mass is 28.3. The molecule has 0 heterocycles. The molecule has 0 saturated carbocycles. The van der Waals surface area contributed by atoms with Crippen LogP contribution >= 0.6 is 0 Å². The molecule has 0 aromatic rings. The summed E-state index contributed by atoms with van der Waals surface area (Å²) in [6, 6.07) is 1.08. The third-order valence-corrected chi connectivity index (χ3v) is 4.32. The van der Waals surface area contributed by atoms with E-state index in [1.54, 1.807) is 14.2 Å². The maximum Gasteiger partial charge on any atom is 0.321 e. The first-order chi connectivity index (χ1) is 7.85. The third kappa shape index (κ3) is 10.6. The van der Waals surface area contributed by atoms with Crippen molar-refractivity contribution in [3.63, 3.8) is 0 Å². The number of hydrogen-bond donors (Lipinski definition) is 0. The monoisotopic (exact) mass is 250 g/mol. The molecule has 0 aliphatic heterocycles. The summed E-state index contributed by atoms with van der Waals surface area (Å²) in [4.78, 5) is 0. The highest BCUT2D eigenvalue weighted by Crippen LogP contribution is 2.06. The lowest BCUT2D eigenvalue weighted by atomic mass is 10.3. The van der Waals surface area contributed by atoms with Crippen molar-refractivity contribution in [3.8, 4) is 0 Å². The minimum absolute atomic E-state index is 0.644. The molecule has 0 saturated heterocycles. The van der Waals surface area contributed by atoms with E-state index in [1.807, 2.05) is 0 Å². The molecule has 0 unspecified atom stereocenters. The van der Waals surface area contributed by atoms with Crippen LogP contribution in [0.1, 0.15) is 26.2 Å². The van der Waals surface area contributed by atoms with E-state index in [0.717, 1.165) is 6.04 Å². The van der Waals surface area contributed by atoms with Crippen molar-refractivity contribution in [1.29, 1.82) is 0 Å². The van der Waals surface area contributed by atoms with Crippen LogP contribution in [0.3, 0.4) is 0 Å². The van der Waals surface area contributed by atoms with Crippen molar-refractivity contribution in [2.24, 2.45) is 0 Å². The second-order valence-corrected chi connectivity index (χ2v) is 5.76. The van der Waals surface area contributed by atoms with Crippen LogP contribution in [-0.2, 0) is 18.3 Å². The fourth-order valence-corrected chi connectivity index (χ4v) is 3.07. The first-order valence-electron chi connectivity index (χ1n) is 6.06. The number of hydrogen-bond acceptors (Lipinski definition) is 4. The summed E-state index contributed by atoms with van der Waals surface area (Å²) >= 11 is 0. The fraction of sp³-hybridized carbons (Fsp3) is 1.00. The molecule has 0 amide bonds. The highest BCUT2D eigenvalue weighted by Gasteiger charge is 2.12. The van der Waals surface area contributed by atoms with Crippen LogP contribution in [0.25, 0.3) is 0 Å². The largest absolute Gasteiger partial charge is 0.394 e. The van der Waals surface area contributed by atoms with E-state index in [1.165, 1.54) is 19.3 Å². The standard InChI is InChI=1S/C11H26O4Si/c1-4-5-6-11-16(14-9-7-12-2)15-10-8-13-3/h16H,4-11H2,1-3H3. The molecule has 4 nitrogen and oxygen atoms in total. The molecular formula is C11H26O4Si. The van der Waals surface area contributed by atoms with Gasteiger partial charge in [-0.15, -0.1) is 0 Å². The van der Waals surface area contributed by atoms with E-state index < -0.39 is 9.28 Å². The Balaban J connectivity index is 3.58. The molecule has 0 N–H and O–H groups in total. The second kappa shape index (κ2) is 13.1. The van der Waals surface area contributed by atoms with Gasteiger partial charge in [0.25, 0.3) is 0 Å². The Labute approximate surface area is 101 Å². The Bertz CT molecular complexity index is 111. The van der Waals surface area contributed by atoms with E-state index in [4.69, 9.17) is 18.3 Å². The van der Waals surface area contributed by atoms with Crippen molar-refractivity contribution >= 4 is 9.28 Å². The summed E-state index contributed by atoms with van der Waals surface area (Å²) in [6.45, 7) is 4.78. The van der Waals surface area contributed by atoms with E-state index >= 15 is 0 Å². The van der Waals surface area contributed by atoms with Crippen LogP contribution in [0.2, 0.25) is 6.04 Å². The predicted molar refractivity (Wildman–Crippen MR) is 67.1 cm³/mol. The minimum atomic E-state index is -1.49. The molecule has 16 heavy (non-hydrogen) atoms. The Kier molecular flexibility index (Phi) is 13.2. The van der Waals surface area contributed by atoms with Crippen LogP contribution in [0.15, 0.2) is 0 Å². The van der Waals surface area contributed by atoms with Gasteiger partial charge >= 0.3 is 9.28 Å². The molecule has 0 fully saturated rings. The SMILES string of the molecule is CCCCC[SiH](OCCOC)OCCOC. The normalized spacial score (nSPS) is 11.2. The quantitative estimate of drug-likeness (QED) is 0.390. The third-order valence-electron chi connectivity index (χ3n) is 2.23. The van der Waals surface area contributed by atoms with Gasteiger partial charge in [-0.05, 0) is 6.04 Å². The zero-order chi connectivity index (χ0) is 12.1. The molecule has 0 bridgehead atoms. The number of ether oxygens (including phenoxy) is 2. The van der Waals surface area contributed by atoms with Crippen LogP contribution in [0.4, 0.5) is 0 Å². The average molecular weight is 250 g/mol. The lowest BCUT2D eigenvalue weighted by Gasteiger charge is -2.16. The van der Waals surface area contributed by atoms with Crippen LogP contribution in [0.5, 0.6) is 0 Å². The first kappa shape index (κ1) is 16.1. The topological polar surface area (TPSA) is 36.9 Å². The molecule has 0 aromatic carbocycles. The predicted octanol–water partition coefficient (Wildman–Crippen LogP) is 1.72. The van der Waals surface area contributed by atoms with Gasteiger partial charge in [-0.2, -0.15) is 0 Å². The average Bonchev–Trinajstić information content (AvgIpc) is 2.29. The van der Waals surface area contributed by atoms with Gasteiger partial charge in [0.15, 0.2) is 0 Å². The number of methoxy groups -OCH3 is 2. The van der Waals surface area contributed by atoms with Gasteiger partial charge in [-0.25, -0.2) is 0 Å². The Hall–Kier alpha value is 0.0569. The summed E-state index contributed by atoms with van der Waals surface area (Å²) in [5, 5.41) is 0. The van der Waals surface area contributed by atoms with Gasteiger partial charge in [0, 0.05) is 14.2 Å². The number of unbranched alkanes of at least 4 members (excludes halogenated alkanes) is 2. The highest BCUT2D eigenvalue weighted by molar-refractivity contribution is 6.44. The van der Waals surface area contributed by atoms with Gasteiger partial charge in [0.05, 0.1) is 26.4 Å². The fourth-order valence-electron chi connectivity index (χ4n) is 1.30. The van der Waals surface area contributed by atoms with Crippen molar-refractivity contribution in [3.05, 3.63) is 0 Å². The Morgan fingerprint density at radius 3 is 1.81 bits per heavy atom. The summed E-state index contributed by atoms with van der Waals surface area (Å²) in [7, 11) is 1.88. The van der Waals surface area contributed by atoms with E-state index in [2.05, 4.69) is 6.92 Å². The zero-order valence-corrected chi connectivity index (χ0v) is 12.0. The molecule has 0 rings (SSSR count). The number of rotatable bonds is 12. The van der Waals surface area contributed by atoms with E-state index in [9.17, 15) is 0 Å². The van der Waals surface area contributed by atoms with Crippen LogP contribution in [0, 0.1) is 0 Å². The van der Waals surface area contributed by atoms with E-state index in [-0.39, 0.29) is 0 Å². The van der Waals surface area contributed by atoms with Gasteiger partial charge in [0.1, 0.15) is 0 Å². The van der Waals surface area contributed by atoms with Gasteiger partial charge in [0.2, 0.25) is 0 Å². The van der Waals surface area contributed by atoms with E-state index in [0.29, 0.717) is 26.4 Å². The minimum Gasteiger partial charge on any atom is -0.394 e. The summed E-state index contributed by atoms with van der Waals surface area (Å²) in [5.41, 5.74) is 0. The Morgan fingerprint density at radius 1 is 0.812 bits per heavy atom. The molecule has 98 valence electrons. The molecule has 0 aliphatic rings. The molecule has 0 radical (unpaired) electrons. The molecule has 0 spiro atoms. The molecular weight excluding hydrogens is 224 g/mol. The van der Waals surface area contributed by atoms with Crippen LogP contribution in [-0.4, -0.2) is 49.9 Å². The summed E-state index contributed by atoms with van der Waals surface area (Å²) in [5.74, 6) is 0. The maximum atomic E-state index is 5.71. The zero-order valence-electron chi connectivity index (χ0n) is 10.9. The smallest absolute Gasteiger partial charge is 0.321 e. The van der Waals surface area contributed by atoms with Gasteiger partial charge in [-0.1, -0.05) is 26.2 Å². The Morgan fingerprint density at radius 2 is 1.38 bits per heavy atom. The van der Waals surface area contributed by atoms with Crippen molar-refractivity contribution < 1.29 is 18.3 Å². The lowest BCUT2D eigenvalue weighted by Crippen LogP contribution is -2.26. The van der Waals surface area contributed by atoms with Crippen molar-refractivity contribution in [1.82, 2.24) is 0 Å². The molecule has 0 aromatic heterocycles. The van der Waals surface area contributed by atoms with Crippen molar-refractivity contribution in [2.75, 3.05) is 40.6 Å². The van der Waals surface area contributed by atoms with Gasteiger partial charge in [-0.3, -0.25) is 0 Å². The second-order valence-electron chi connectivity index (χ2n) is 3.65. The lowest BCUT2D eigenvalue weighted by molar-refractivity contribution is 0.0993. The van der Waals surface area contributed by atoms with Gasteiger partial charge < -0.3 is 18.3 Å². The molecule has 0 atom stereocenters. The van der Waals surface area contributed by atoms with Crippen LogP contribution < -0.4 is 0 Å².